The summed E-state index contributed by atoms with van der Waals surface area (Å²) < 4.78 is 12.9. The van der Waals surface area contributed by atoms with Crippen LogP contribution in [0.2, 0.25) is 0 Å². The van der Waals surface area contributed by atoms with E-state index in [1.165, 1.54) is 24.8 Å². The Labute approximate surface area is 179 Å². The first-order chi connectivity index (χ1) is 14.6. The molecule has 3 rings (SSSR count). The van der Waals surface area contributed by atoms with E-state index in [1.54, 1.807) is 20.4 Å². The van der Waals surface area contributed by atoms with Crippen LogP contribution in [0.1, 0.15) is 50.3 Å². The standard InChI is InChI=1S/C23H35N5O2/c1-5-24-22(25-16-19-11-14-27-28(19)2)26-17-23(12-7-6-8-13-23)18-9-10-20(29-3)21(15-18)30-4/h9-11,14-15H,5-8,12-13,16-17H2,1-4H3,(H2,24,25,26). The molecule has 1 aliphatic rings. The zero-order valence-corrected chi connectivity index (χ0v) is 18.7. The van der Waals surface area contributed by atoms with Crippen LogP contribution in [-0.4, -0.2) is 43.0 Å². The van der Waals surface area contributed by atoms with Crippen LogP contribution in [0.3, 0.4) is 0 Å². The predicted octanol–water partition coefficient (Wildman–Crippen LogP) is 3.39. The zero-order chi connectivity index (χ0) is 21.4. The molecule has 7 nitrogen and oxygen atoms in total. The lowest BCUT2D eigenvalue weighted by molar-refractivity contribution is 0.288. The van der Waals surface area contributed by atoms with E-state index >= 15 is 0 Å². The minimum absolute atomic E-state index is 0.0561. The van der Waals surface area contributed by atoms with Crippen LogP contribution >= 0.6 is 0 Å². The number of rotatable bonds is 8. The fraction of sp³-hybridized carbons (Fsp3) is 0.565. The first-order valence-electron chi connectivity index (χ1n) is 10.8. The largest absolute Gasteiger partial charge is 0.493 e. The monoisotopic (exact) mass is 413 g/mol. The van der Waals surface area contributed by atoms with E-state index in [4.69, 9.17) is 14.5 Å². The highest BCUT2D eigenvalue weighted by molar-refractivity contribution is 5.79. The molecule has 1 saturated carbocycles. The highest BCUT2D eigenvalue weighted by atomic mass is 16.5. The van der Waals surface area contributed by atoms with Gasteiger partial charge in [-0.15, -0.1) is 0 Å². The zero-order valence-electron chi connectivity index (χ0n) is 18.7. The molecule has 2 aromatic rings. The summed E-state index contributed by atoms with van der Waals surface area (Å²) in [6.45, 7) is 4.33. The Morgan fingerprint density at radius 1 is 1.10 bits per heavy atom. The molecule has 0 spiro atoms. The predicted molar refractivity (Wildman–Crippen MR) is 120 cm³/mol. The summed E-state index contributed by atoms with van der Waals surface area (Å²) in [5.74, 6) is 2.40. The summed E-state index contributed by atoms with van der Waals surface area (Å²) in [7, 11) is 5.32. The van der Waals surface area contributed by atoms with Crippen molar-refractivity contribution in [2.75, 3.05) is 27.3 Å². The van der Waals surface area contributed by atoms with Crippen LogP contribution in [-0.2, 0) is 19.0 Å². The molecule has 1 aliphatic carbocycles. The Hall–Kier alpha value is -2.70. The van der Waals surface area contributed by atoms with Crippen LogP contribution in [0.25, 0.3) is 0 Å². The normalized spacial score (nSPS) is 16.2. The van der Waals surface area contributed by atoms with Gasteiger partial charge < -0.3 is 20.1 Å². The van der Waals surface area contributed by atoms with Crippen LogP contribution in [0.5, 0.6) is 11.5 Å². The van der Waals surface area contributed by atoms with Gasteiger partial charge in [0.05, 0.1) is 26.5 Å². The number of nitrogens with one attached hydrogen (secondary N) is 2. The molecule has 1 aromatic heterocycles. The second-order valence-corrected chi connectivity index (χ2v) is 7.91. The number of ether oxygens (including phenoxy) is 2. The van der Waals surface area contributed by atoms with Gasteiger partial charge in [0.25, 0.3) is 0 Å². The van der Waals surface area contributed by atoms with Crippen LogP contribution < -0.4 is 20.1 Å². The molecule has 1 heterocycles. The molecule has 1 aromatic carbocycles. The highest BCUT2D eigenvalue weighted by Crippen LogP contribution is 2.42. The molecule has 164 valence electrons. The van der Waals surface area contributed by atoms with Gasteiger partial charge in [-0.05, 0) is 43.5 Å². The van der Waals surface area contributed by atoms with Crippen molar-refractivity contribution in [1.29, 1.82) is 0 Å². The molecule has 0 unspecified atom stereocenters. The van der Waals surface area contributed by atoms with Crippen molar-refractivity contribution in [3.63, 3.8) is 0 Å². The molecular formula is C23H35N5O2. The fourth-order valence-corrected chi connectivity index (χ4v) is 4.27. The number of aryl methyl sites for hydroxylation is 1. The van der Waals surface area contributed by atoms with Gasteiger partial charge >= 0.3 is 0 Å². The minimum atomic E-state index is 0.0561. The lowest BCUT2D eigenvalue weighted by Gasteiger charge is -2.38. The third kappa shape index (κ3) is 5.07. The van der Waals surface area contributed by atoms with Crippen molar-refractivity contribution >= 4 is 5.96 Å². The second kappa shape index (κ2) is 10.4. The molecular weight excluding hydrogens is 378 g/mol. The third-order valence-corrected chi connectivity index (χ3v) is 6.07. The van der Waals surface area contributed by atoms with Gasteiger partial charge in [0.2, 0.25) is 0 Å². The number of guanidine groups is 1. The molecule has 0 amide bonds. The van der Waals surface area contributed by atoms with Gasteiger partial charge in [0.15, 0.2) is 17.5 Å². The van der Waals surface area contributed by atoms with E-state index in [0.29, 0.717) is 6.54 Å². The van der Waals surface area contributed by atoms with Crippen LogP contribution in [0.15, 0.2) is 35.5 Å². The first kappa shape index (κ1) is 22.0. The molecule has 0 saturated heterocycles. The summed E-state index contributed by atoms with van der Waals surface area (Å²) in [6.07, 6.45) is 7.87. The minimum Gasteiger partial charge on any atom is -0.493 e. The topological polar surface area (TPSA) is 72.7 Å². The van der Waals surface area contributed by atoms with Gasteiger partial charge in [-0.25, -0.2) is 4.99 Å². The van der Waals surface area contributed by atoms with E-state index < -0.39 is 0 Å². The molecule has 1 fully saturated rings. The van der Waals surface area contributed by atoms with Gasteiger partial charge in [-0.1, -0.05) is 25.3 Å². The summed E-state index contributed by atoms with van der Waals surface area (Å²) >= 11 is 0. The highest BCUT2D eigenvalue weighted by Gasteiger charge is 2.34. The lowest BCUT2D eigenvalue weighted by atomic mass is 9.69. The molecule has 2 N–H and O–H groups in total. The van der Waals surface area contributed by atoms with Gasteiger partial charge in [0, 0.05) is 31.7 Å². The second-order valence-electron chi connectivity index (χ2n) is 7.91. The van der Waals surface area contributed by atoms with Gasteiger partial charge in [-0.2, -0.15) is 5.10 Å². The van der Waals surface area contributed by atoms with E-state index in [1.807, 2.05) is 23.9 Å². The number of aromatic nitrogens is 2. The van der Waals surface area contributed by atoms with E-state index in [2.05, 4.69) is 34.8 Å². The molecule has 30 heavy (non-hydrogen) atoms. The van der Waals surface area contributed by atoms with Crippen molar-refractivity contribution in [2.45, 2.75) is 51.0 Å². The van der Waals surface area contributed by atoms with Gasteiger partial charge in [0.1, 0.15) is 0 Å². The van der Waals surface area contributed by atoms with E-state index in [0.717, 1.165) is 49.1 Å². The van der Waals surface area contributed by atoms with Crippen molar-refractivity contribution in [3.8, 4) is 11.5 Å². The maximum Gasteiger partial charge on any atom is 0.191 e. The summed E-state index contributed by atoms with van der Waals surface area (Å²) in [5.41, 5.74) is 2.44. The average Bonchev–Trinajstić information content (AvgIpc) is 3.20. The number of hydrogen-bond acceptors (Lipinski definition) is 4. The maximum absolute atomic E-state index is 5.58. The average molecular weight is 414 g/mol. The number of hydrogen-bond donors (Lipinski definition) is 2. The summed E-state index contributed by atoms with van der Waals surface area (Å²) in [5, 5.41) is 11.2. The smallest absolute Gasteiger partial charge is 0.191 e. The quantitative estimate of drug-likeness (QED) is 0.513. The van der Waals surface area contributed by atoms with Crippen LogP contribution in [0.4, 0.5) is 0 Å². The number of aliphatic imine (C=N–C) groups is 1. The van der Waals surface area contributed by atoms with Crippen molar-refractivity contribution < 1.29 is 9.47 Å². The van der Waals surface area contributed by atoms with E-state index in [-0.39, 0.29) is 5.41 Å². The Morgan fingerprint density at radius 3 is 2.50 bits per heavy atom. The molecule has 0 aliphatic heterocycles. The molecule has 0 atom stereocenters. The van der Waals surface area contributed by atoms with E-state index in [9.17, 15) is 0 Å². The SMILES string of the molecule is CCNC(=NCc1ccnn1C)NCC1(c2ccc(OC)c(OC)c2)CCCCC1. The van der Waals surface area contributed by atoms with Crippen molar-refractivity contribution in [2.24, 2.45) is 12.0 Å². The van der Waals surface area contributed by atoms with Crippen LogP contribution in [0, 0.1) is 0 Å². The number of methoxy groups -OCH3 is 2. The maximum atomic E-state index is 5.58. The first-order valence-corrected chi connectivity index (χ1v) is 10.8. The number of benzene rings is 1. The Balaban J connectivity index is 1.80. The Kier molecular flexibility index (Phi) is 7.60. The van der Waals surface area contributed by atoms with Crippen molar-refractivity contribution in [3.05, 3.63) is 41.7 Å². The summed E-state index contributed by atoms with van der Waals surface area (Å²) in [4.78, 5) is 4.78. The molecule has 0 radical (unpaired) electrons. The summed E-state index contributed by atoms with van der Waals surface area (Å²) in [6, 6.07) is 8.35. The Morgan fingerprint density at radius 2 is 1.87 bits per heavy atom. The Bertz CT molecular complexity index is 840. The number of nitrogens with zero attached hydrogens (tertiary/aromatic N) is 3. The lowest BCUT2D eigenvalue weighted by Crippen LogP contribution is -2.46. The third-order valence-electron chi connectivity index (χ3n) is 6.07. The van der Waals surface area contributed by atoms with Crippen molar-refractivity contribution in [1.82, 2.24) is 20.4 Å². The van der Waals surface area contributed by atoms with Gasteiger partial charge in [-0.3, -0.25) is 4.68 Å². The molecule has 0 bridgehead atoms. The molecule has 7 heteroatoms. The fourth-order valence-electron chi connectivity index (χ4n) is 4.27.